The van der Waals surface area contributed by atoms with Gasteiger partial charge in [-0.05, 0) is 29.3 Å². The van der Waals surface area contributed by atoms with Gasteiger partial charge in [0.2, 0.25) is 11.7 Å². The van der Waals surface area contributed by atoms with Gasteiger partial charge in [-0.3, -0.25) is 9.88 Å². The third-order valence-electron chi connectivity index (χ3n) is 4.67. The molecule has 2 aromatic heterocycles. The van der Waals surface area contributed by atoms with Crippen LogP contribution in [0, 0.1) is 6.92 Å². The first-order valence-corrected chi connectivity index (χ1v) is 9.13. The van der Waals surface area contributed by atoms with Crippen molar-refractivity contribution in [2.45, 2.75) is 26.1 Å². The molecule has 0 amide bonds. The Labute approximate surface area is 170 Å². The number of halogens is 1. The summed E-state index contributed by atoms with van der Waals surface area (Å²) in [5.74, 6) is 1.89. The molecule has 3 heterocycles. The Bertz CT molecular complexity index is 857. The summed E-state index contributed by atoms with van der Waals surface area (Å²) in [5, 5.41) is 7.32. The molecule has 0 radical (unpaired) electrons. The Morgan fingerprint density at radius 3 is 2.82 bits per heavy atom. The lowest BCUT2D eigenvalue weighted by atomic mass is 10.0. The average Bonchev–Trinajstić information content (AvgIpc) is 3.14. The predicted molar refractivity (Wildman–Crippen MR) is 107 cm³/mol. The molecular weight excluding hydrogens is 378 g/mol. The van der Waals surface area contributed by atoms with E-state index in [-0.39, 0.29) is 12.4 Å². The van der Waals surface area contributed by atoms with Crippen LogP contribution in [-0.2, 0) is 13.2 Å². The van der Waals surface area contributed by atoms with Gasteiger partial charge in [0, 0.05) is 51.5 Å². The van der Waals surface area contributed by atoms with Crippen LogP contribution in [0.3, 0.4) is 0 Å². The summed E-state index contributed by atoms with van der Waals surface area (Å²) in [6.45, 7) is 5.91. The summed E-state index contributed by atoms with van der Waals surface area (Å²) in [7, 11) is 0. The number of ether oxygens (including phenoxy) is 1. The van der Waals surface area contributed by atoms with E-state index >= 15 is 0 Å². The highest BCUT2D eigenvalue weighted by Crippen LogP contribution is 2.24. The fourth-order valence-corrected chi connectivity index (χ4v) is 3.31. The number of hydrogen-bond acceptors (Lipinski definition) is 7. The van der Waals surface area contributed by atoms with Crippen molar-refractivity contribution in [3.8, 4) is 5.75 Å². The van der Waals surface area contributed by atoms with Crippen molar-refractivity contribution >= 4 is 12.4 Å². The molecule has 1 unspecified atom stereocenters. The second kappa shape index (κ2) is 9.64. The Morgan fingerprint density at radius 1 is 1.25 bits per heavy atom. The molecule has 1 aliphatic heterocycles. The summed E-state index contributed by atoms with van der Waals surface area (Å²) < 4.78 is 10.7. The molecule has 1 atom stereocenters. The van der Waals surface area contributed by atoms with Gasteiger partial charge in [-0.1, -0.05) is 23.4 Å². The van der Waals surface area contributed by atoms with E-state index in [1.54, 1.807) is 6.92 Å². The van der Waals surface area contributed by atoms with E-state index in [4.69, 9.17) is 9.26 Å². The summed E-state index contributed by atoms with van der Waals surface area (Å²) >= 11 is 0. The molecule has 7 nitrogen and oxygen atoms in total. The molecule has 4 rings (SSSR count). The molecule has 148 valence electrons. The second-order valence-corrected chi connectivity index (χ2v) is 6.64. The van der Waals surface area contributed by atoms with E-state index in [0.29, 0.717) is 24.4 Å². The number of aromatic nitrogens is 3. The number of aryl methyl sites for hydroxylation is 1. The van der Waals surface area contributed by atoms with E-state index in [2.05, 4.69) is 43.5 Å². The average molecular weight is 402 g/mol. The maximum atomic E-state index is 5.72. The molecule has 1 fully saturated rings. The quantitative estimate of drug-likeness (QED) is 0.680. The number of benzene rings is 1. The minimum Gasteiger partial charge on any atom is -0.485 e. The summed E-state index contributed by atoms with van der Waals surface area (Å²) in [6, 6.07) is 12.7. The number of nitrogens with one attached hydrogen (secondary N) is 1. The number of piperazine rings is 1. The zero-order valence-corrected chi connectivity index (χ0v) is 16.6. The van der Waals surface area contributed by atoms with Crippen molar-refractivity contribution in [2.24, 2.45) is 0 Å². The summed E-state index contributed by atoms with van der Waals surface area (Å²) in [5.41, 5.74) is 2.51. The van der Waals surface area contributed by atoms with Crippen LogP contribution in [0.1, 0.15) is 28.9 Å². The zero-order chi connectivity index (χ0) is 18.5. The number of pyridine rings is 1. The summed E-state index contributed by atoms with van der Waals surface area (Å²) in [4.78, 5) is 10.9. The molecule has 1 aliphatic rings. The Kier molecular flexibility index (Phi) is 6.97. The first kappa shape index (κ1) is 20.3. The fraction of sp³-hybridized carbons (Fsp3) is 0.350. The Balaban J connectivity index is 0.00000225. The van der Waals surface area contributed by atoms with Gasteiger partial charge in [0.05, 0.1) is 0 Å². The van der Waals surface area contributed by atoms with Crippen LogP contribution in [0.15, 0.2) is 53.3 Å². The monoisotopic (exact) mass is 401 g/mol. The molecular formula is C20H24ClN5O2. The van der Waals surface area contributed by atoms with Crippen molar-refractivity contribution in [3.05, 3.63) is 71.6 Å². The topological polar surface area (TPSA) is 76.3 Å². The van der Waals surface area contributed by atoms with Gasteiger partial charge in [0.15, 0.2) is 6.61 Å². The van der Waals surface area contributed by atoms with E-state index < -0.39 is 0 Å². The van der Waals surface area contributed by atoms with E-state index in [0.717, 1.165) is 31.9 Å². The molecule has 0 bridgehead atoms. The normalized spacial score (nSPS) is 17.1. The first-order chi connectivity index (χ1) is 13.3. The smallest absolute Gasteiger partial charge is 0.223 e. The number of hydrogen-bond donors (Lipinski definition) is 1. The first-order valence-electron chi connectivity index (χ1n) is 9.13. The van der Waals surface area contributed by atoms with Gasteiger partial charge < -0.3 is 14.6 Å². The SMILES string of the molecule is Cc1nc(COc2ccc(CN3CCNCC3c3cccnc3)cc2)no1.Cl. The highest BCUT2D eigenvalue weighted by atomic mass is 35.5. The molecule has 0 aliphatic carbocycles. The van der Waals surface area contributed by atoms with Crippen molar-refractivity contribution in [3.63, 3.8) is 0 Å². The van der Waals surface area contributed by atoms with E-state index in [9.17, 15) is 0 Å². The largest absolute Gasteiger partial charge is 0.485 e. The fourth-order valence-electron chi connectivity index (χ4n) is 3.31. The van der Waals surface area contributed by atoms with Crippen molar-refractivity contribution in [2.75, 3.05) is 19.6 Å². The minimum atomic E-state index is 0. The molecule has 8 heteroatoms. The van der Waals surface area contributed by atoms with Crippen LogP contribution in [0.2, 0.25) is 0 Å². The van der Waals surface area contributed by atoms with Crippen LogP contribution in [-0.4, -0.2) is 39.7 Å². The van der Waals surface area contributed by atoms with Crippen LogP contribution in [0.25, 0.3) is 0 Å². The van der Waals surface area contributed by atoms with Crippen LogP contribution in [0.4, 0.5) is 0 Å². The zero-order valence-electron chi connectivity index (χ0n) is 15.7. The third-order valence-corrected chi connectivity index (χ3v) is 4.67. The lowest BCUT2D eigenvalue weighted by molar-refractivity contribution is 0.153. The number of rotatable bonds is 6. The van der Waals surface area contributed by atoms with Crippen molar-refractivity contribution in [1.82, 2.24) is 25.3 Å². The lowest BCUT2D eigenvalue weighted by Gasteiger charge is -2.36. The Morgan fingerprint density at radius 2 is 2.11 bits per heavy atom. The molecule has 1 N–H and O–H groups in total. The second-order valence-electron chi connectivity index (χ2n) is 6.64. The molecule has 0 spiro atoms. The van der Waals surface area contributed by atoms with Crippen LogP contribution >= 0.6 is 12.4 Å². The van der Waals surface area contributed by atoms with E-state index in [1.165, 1.54) is 11.1 Å². The van der Waals surface area contributed by atoms with Crippen molar-refractivity contribution in [1.29, 1.82) is 0 Å². The molecule has 1 saturated heterocycles. The van der Waals surface area contributed by atoms with Gasteiger partial charge in [0.25, 0.3) is 0 Å². The van der Waals surface area contributed by atoms with Gasteiger partial charge in [-0.15, -0.1) is 12.4 Å². The standard InChI is InChI=1S/C20H23N5O2.ClH/c1-15-23-20(24-27-15)14-26-18-6-4-16(5-7-18)13-25-10-9-22-12-19(25)17-3-2-8-21-11-17;/h2-8,11,19,22H,9-10,12-14H2,1H3;1H. The highest BCUT2D eigenvalue weighted by molar-refractivity contribution is 5.85. The van der Waals surface area contributed by atoms with Crippen molar-refractivity contribution < 1.29 is 9.26 Å². The number of nitrogens with zero attached hydrogens (tertiary/aromatic N) is 4. The third kappa shape index (κ3) is 5.07. The minimum absolute atomic E-state index is 0. The van der Waals surface area contributed by atoms with Gasteiger partial charge in [-0.25, -0.2) is 0 Å². The Hall–Kier alpha value is -2.48. The summed E-state index contributed by atoms with van der Waals surface area (Å²) in [6.07, 6.45) is 3.78. The van der Waals surface area contributed by atoms with Crippen LogP contribution in [0.5, 0.6) is 5.75 Å². The predicted octanol–water partition coefficient (Wildman–Crippen LogP) is 2.92. The van der Waals surface area contributed by atoms with Gasteiger partial charge in [0.1, 0.15) is 5.75 Å². The maximum Gasteiger partial charge on any atom is 0.223 e. The highest BCUT2D eigenvalue weighted by Gasteiger charge is 2.23. The lowest BCUT2D eigenvalue weighted by Crippen LogP contribution is -2.45. The molecule has 28 heavy (non-hydrogen) atoms. The van der Waals surface area contributed by atoms with E-state index in [1.807, 2.05) is 30.6 Å². The maximum absolute atomic E-state index is 5.72. The van der Waals surface area contributed by atoms with Crippen LogP contribution < -0.4 is 10.1 Å². The molecule has 0 saturated carbocycles. The van der Waals surface area contributed by atoms with Gasteiger partial charge >= 0.3 is 0 Å². The van der Waals surface area contributed by atoms with Gasteiger partial charge in [-0.2, -0.15) is 4.98 Å². The molecule has 3 aromatic rings. The molecule has 1 aromatic carbocycles.